The maximum atomic E-state index is 13.8. The van der Waals surface area contributed by atoms with E-state index in [2.05, 4.69) is 31.3 Å². The number of sulfone groups is 1. The molecule has 5 heterocycles. The first kappa shape index (κ1) is 24.1. The van der Waals surface area contributed by atoms with E-state index in [0.29, 0.717) is 13.1 Å². The summed E-state index contributed by atoms with van der Waals surface area (Å²) in [5.41, 5.74) is 0.996. The number of fused-ring (bicyclic) bond motifs is 2. The van der Waals surface area contributed by atoms with E-state index in [9.17, 15) is 22.4 Å². The van der Waals surface area contributed by atoms with Crippen molar-refractivity contribution < 1.29 is 27.1 Å². The van der Waals surface area contributed by atoms with Crippen LogP contribution in [0.15, 0.2) is 35.9 Å². The van der Waals surface area contributed by atoms with Crippen molar-refractivity contribution in [3.63, 3.8) is 0 Å². The molecule has 0 bridgehead atoms. The van der Waals surface area contributed by atoms with E-state index in [0.717, 1.165) is 22.9 Å². The van der Waals surface area contributed by atoms with Gasteiger partial charge in [0.1, 0.15) is 23.2 Å². The molecule has 1 aliphatic heterocycles. The first-order chi connectivity index (χ1) is 17.5. The third kappa shape index (κ3) is 4.42. The summed E-state index contributed by atoms with van der Waals surface area (Å²) in [6, 6.07) is 3.73. The minimum Gasteiger partial charge on any atom is -0.406 e. The summed E-state index contributed by atoms with van der Waals surface area (Å²) in [6.45, 7) is 2.13. The van der Waals surface area contributed by atoms with Crippen LogP contribution in [0.4, 0.5) is 9.18 Å². The number of nitrogens with zero attached hydrogens (tertiary/aromatic N) is 6. The van der Waals surface area contributed by atoms with Crippen LogP contribution in [0.2, 0.25) is 0 Å². The number of imidazole rings is 1. The highest BCUT2D eigenvalue weighted by atomic mass is 32.2. The highest BCUT2D eigenvalue weighted by Gasteiger charge is 2.33. The van der Waals surface area contributed by atoms with E-state index in [1.165, 1.54) is 30.3 Å². The van der Waals surface area contributed by atoms with Crippen molar-refractivity contribution in [3.05, 3.63) is 36.5 Å². The Balaban J connectivity index is 1.41. The predicted octanol–water partition coefficient (Wildman–Crippen LogP) is 1.27. The highest BCUT2D eigenvalue weighted by Crippen LogP contribution is 2.29. The van der Waals surface area contributed by atoms with Crippen molar-refractivity contribution in [2.45, 2.75) is 18.1 Å². The molecule has 2 amide bonds. The number of carbonyl (C=O) groups excluding carboxylic acids is 2. The zero-order valence-electron chi connectivity index (χ0n) is 19.5. The van der Waals surface area contributed by atoms with E-state index in [4.69, 9.17) is 10.00 Å². The normalized spacial score (nSPS) is 14.8. The average Bonchev–Trinajstić information content (AvgIpc) is 3.39. The van der Waals surface area contributed by atoms with Crippen LogP contribution in [0.5, 0.6) is 5.75 Å². The van der Waals surface area contributed by atoms with Crippen LogP contribution >= 0.6 is 0 Å². The molecular formula is C22H19FN8O5S. The Morgan fingerprint density at radius 3 is 2.78 bits per heavy atom. The molecule has 0 saturated carbocycles. The molecule has 0 spiro atoms. The number of halogens is 1. The van der Waals surface area contributed by atoms with Crippen LogP contribution in [0.3, 0.4) is 0 Å². The van der Waals surface area contributed by atoms with E-state index in [1.54, 1.807) is 0 Å². The fourth-order valence-electron chi connectivity index (χ4n) is 3.93. The maximum absolute atomic E-state index is 13.8. The fourth-order valence-corrected chi connectivity index (χ4v) is 4.69. The van der Waals surface area contributed by atoms with Gasteiger partial charge in [-0.3, -0.25) is 9.20 Å². The van der Waals surface area contributed by atoms with Gasteiger partial charge in [0.05, 0.1) is 23.7 Å². The van der Waals surface area contributed by atoms with Gasteiger partial charge in [-0.1, -0.05) is 0 Å². The smallest absolute Gasteiger partial charge is 0.406 e. The van der Waals surface area contributed by atoms with Gasteiger partial charge in [0.25, 0.3) is 0 Å². The van der Waals surface area contributed by atoms with Gasteiger partial charge in [-0.05, 0) is 19.1 Å². The van der Waals surface area contributed by atoms with Crippen molar-refractivity contribution in [2.24, 2.45) is 5.92 Å². The average molecular weight is 527 g/mol. The van der Waals surface area contributed by atoms with Crippen LogP contribution in [0.1, 0.15) is 6.92 Å². The molecule has 1 atom stereocenters. The number of nitrogens with one attached hydrogen (secondary N) is 2. The zero-order valence-corrected chi connectivity index (χ0v) is 20.3. The van der Waals surface area contributed by atoms with E-state index >= 15 is 0 Å². The number of pyridine rings is 1. The van der Waals surface area contributed by atoms with Crippen LogP contribution in [0.25, 0.3) is 28.1 Å². The number of amides is 2. The van der Waals surface area contributed by atoms with Gasteiger partial charge in [0.15, 0.2) is 16.9 Å². The molecule has 5 rings (SSSR count). The lowest BCUT2D eigenvalue weighted by atomic mass is 10.0. The Bertz CT molecular complexity index is 1720. The summed E-state index contributed by atoms with van der Waals surface area (Å²) in [5.74, 6) is -1.19. The molecule has 4 aromatic rings. The summed E-state index contributed by atoms with van der Waals surface area (Å²) in [5, 5.41) is 10.9. The number of rotatable bonds is 5. The molecule has 1 fully saturated rings. The molecule has 0 radical (unpaired) electrons. The van der Waals surface area contributed by atoms with Crippen molar-refractivity contribution in [3.8, 4) is 23.2 Å². The zero-order chi connectivity index (χ0) is 26.5. The molecule has 2 N–H and O–H groups in total. The monoisotopic (exact) mass is 526 g/mol. The van der Waals surface area contributed by atoms with E-state index in [-0.39, 0.29) is 50.8 Å². The third-order valence-corrected chi connectivity index (χ3v) is 6.72. The molecule has 15 heteroatoms. The van der Waals surface area contributed by atoms with Crippen molar-refractivity contribution in [1.29, 1.82) is 5.26 Å². The van der Waals surface area contributed by atoms with Gasteiger partial charge < -0.3 is 19.9 Å². The van der Waals surface area contributed by atoms with Gasteiger partial charge in [-0.25, -0.2) is 32.6 Å². The second kappa shape index (κ2) is 8.82. The minimum atomic E-state index is -3.81. The number of aromatic nitrogens is 5. The van der Waals surface area contributed by atoms with E-state index in [1.807, 2.05) is 0 Å². The highest BCUT2D eigenvalue weighted by molar-refractivity contribution is 7.90. The van der Waals surface area contributed by atoms with Gasteiger partial charge >= 0.3 is 6.09 Å². The predicted molar refractivity (Wildman–Crippen MR) is 125 cm³/mol. The lowest BCUT2D eigenvalue weighted by molar-refractivity contribution is -0.137. The van der Waals surface area contributed by atoms with Gasteiger partial charge in [-0.2, -0.15) is 5.26 Å². The Morgan fingerprint density at radius 2 is 2.08 bits per heavy atom. The number of carbonyl (C=O) groups is 2. The number of H-pyrrole nitrogens is 1. The number of nitriles is 1. The molecule has 1 aliphatic rings. The molecule has 13 nitrogen and oxygen atoms in total. The molecule has 0 aromatic carbocycles. The first-order valence-corrected chi connectivity index (χ1v) is 12.8. The molecule has 0 unspecified atom stereocenters. The summed E-state index contributed by atoms with van der Waals surface area (Å²) in [7, 11) is -3.81. The minimum absolute atomic E-state index is 0.00731. The Labute approximate surface area is 208 Å². The summed E-state index contributed by atoms with van der Waals surface area (Å²) in [6.07, 6.45) is 3.76. The SMILES string of the molecule is C[C@@H](NC(=O)Oc1c[nH]c2ncc(-c3nc(S(C)(=O)=O)n4cc(F)ccc34)nc12)C(=O)N1CC(C#N)C1. The molecule has 4 aromatic heterocycles. The van der Waals surface area contributed by atoms with Crippen molar-refractivity contribution in [1.82, 2.24) is 34.6 Å². The topological polar surface area (TPSA) is 175 Å². The molecule has 0 aliphatic carbocycles. The van der Waals surface area contributed by atoms with Crippen LogP contribution < -0.4 is 10.1 Å². The molecule has 190 valence electrons. The maximum Gasteiger partial charge on any atom is 0.413 e. The van der Waals surface area contributed by atoms with Crippen LogP contribution in [-0.2, 0) is 14.6 Å². The van der Waals surface area contributed by atoms with Crippen molar-refractivity contribution in [2.75, 3.05) is 19.3 Å². The van der Waals surface area contributed by atoms with E-state index < -0.39 is 27.8 Å². The second-order valence-corrected chi connectivity index (χ2v) is 10.5. The molecular weight excluding hydrogens is 507 g/mol. The van der Waals surface area contributed by atoms with Crippen LogP contribution in [0, 0.1) is 23.1 Å². The Kier molecular flexibility index (Phi) is 5.75. The number of hydrogen-bond donors (Lipinski definition) is 2. The summed E-state index contributed by atoms with van der Waals surface area (Å²) in [4.78, 5) is 42.0. The Morgan fingerprint density at radius 1 is 1.32 bits per heavy atom. The standard InChI is InChI=1S/C22H19FN8O5S/c1-11(20(32)30-8-12(5-24)9-30)27-22(33)36-16-7-26-19-18(16)28-14(6-25-19)17-15-4-3-13(23)10-31(15)21(29-17)37(2,34)35/h3-4,6-7,10-12H,8-9H2,1-2H3,(H,25,26)(H,27,33)/t11-/m1/s1. The fraction of sp³-hybridized carbons (Fsp3) is 0.273. The lowest BCUT2D eigenvalue weighted by Gasteiger charge is -2.36. The second-order valence-electron chi connectivity index (χ2n) is 8.55. The quantitative estimate of drug-likeness (QED) is 0.388. The van der Waals surface area contributed by atoms with Gasteiger partial charge in [0.2, 0.25) is 20.9 Å². The summed E-state index contributed by atoms with van der Waals surface area (Å²) >= 11 is 0. The lowest BCUT2D eigenvalue weighted by Crippen LogP contribution is -2.56. The molecule has 1 saturated heterocycles. The summed E-state index contributed by atoms with van der Waals surface area (Å²) < 4.78 is 44.7. The Hall–Kier alpha value is -4.58. The first-order valence-electron chi connectivity index (χ1n) is 10.9. The van der Waals surface area contributed by atoms with Crippen molar-refractivity contribution >= 4 is 38.5 Å². The number of ether oxygens (including phenoxy) is 1. The molecule has 37 heavy (non-hydrogen) atoms. The van der Waals surface area contributed by atoms with Crippen LogP contribution in [-0.4, -0.2) is 75.0 Å². The number of likely N-dealkylation sites (tertiary alicyclic amines) is 1. The number of aromatic amines is 1. The number of hydrogen-bond acceptors (Lipinski definition) is 9. The van der Waals surface area contributed by atoms with Gasteiger partial charge in [0, 0.05) is 31.7 Å². The van der Waals surface area contributed by atoms with Gasteiger partial charge in [-0.15, -0.1) is 0 Å². The third-order valence-electron chi connectivity index (χ3n) is 5.77. The largest absolute Gasteiger partial charge is 0.413 e.